The van der Waals surface area contributed by atoms with Crippen LogP contribution in [0, 0.1) is 5.92 Å². The van der Waals surface area contributed by atoms with Gasteiger partial charge in [-0.05, 0) is 37.1 Å². The van der Waals surface area contributed by atoms with E-state index < -0.39 is 10.0 Å². The lowest BCUT2D eigenvalue weighted by Gasteiger charge is -2.17. The van der Waals surface area contributed by atoms with Crippen LogP contribution in [0.4, 0.5) is 0 Å². The average Bonchev–Trinajstić information content (AvgIpc) is 3.08. The van der Waals surface area contributed by atoms with Crippen LogP contribution < -0.4 is 10.5 Å². The van der Waals surface area contributed by atoms with Crippen molar-refractivity contribution in [3.63, 3.8) is 0 Å². The highest BCUT2D eigenvalue weighted by atomic mass is 35.5. The van der Waals surface area contributed by atoms with E-state index in [2.05, 4.69) is 0 Å². The quantitative estimate of drug-likeness (QED) is 0.814. The number of benzene rings is 2. The van der Waals surface area contributed by atoms with Crippen LogP contribution in [0.15, 0.2) is 59.5 Å². The van der Waals surface area contributed by atoms with Crippen molar-refractivity contribution in [1.82, 2.24) is 4.31 Å². The summed E-state index contributed by atoms with van der Waals surface area (Å²) in [6, 6.07) is 16.7. The summed E-state index contributed by atoms with van der Waals surface area (Å²) in [7, 11) is -3.57. The fourth-order valence-corrected chi connectivity index (χ4v) is 4.94. The smallest absolute Gasteiger partial charge is 0.243 e. The molecule has 1 aliphatic rings. The van der Waals surface area contributed by atoms with Gasteiger partial charge in [0, 0.05) is 25.1 Å². The molecule has 2 atom stereocenters. The summed E-state index contributed by atoms with van der Waals surface area (Å²) in [6.45, 7) is 3.73. The first kappa shape index (κ1) is 20.7. The summed E-state index contributed by atoms with van der Waals surface area (Å²) >= 11 is 0. The van der Waals surface area contributed by atoms with E-state index in [-0.39, 0.29) is 29.1 Å². The van der Waals surface area contributed by atoms with Gasteiger partial charge in [0.1, 0.15) is 5.75 Å². The number of halogens is 1. The van der Waals surface area contributed by atoms with Gasteiger partial charge in [0.05, 0.1) is 11.5 Å². The third kappa shape index (κ3) is 4.20. The van der Waals surface area contributed by atoms with Gasteiger partial charge in [0.2, 0.25) is 10.0 Å². The Labute approximate surface area is 161 Å². The number of rotatable bonds is 6. The van der Waals surface area contributed by atoms with E-state index in [0.717, 1.165) is 5.56 Å². The largest absolute Gasteiger partial charge is 0.494 e. The summed E-state index contributed by atoms with van der Waals surface area (Å²) in [5.74, 6) is 0.807. The van der Waals surface area contributed by atoms with E-state index in [9.17, 15) is 8.42 Å². The highest BCUT2D eigenvalue weighted by Gasteiger charge is 2.39. The Hall–Kier alpha value is -1.60. The molecular formula is C19H25ClN2O3S. The molecule has 1 heterocycles. The van der Waals surface area contributed by atoms with Gasteiger partial charge in [0.25, 0.3) is 0 Å². The van der Waals surface area contributed by atoms with Gasteiger partial charge < -0.3 is 10.5 Å². The zero-order chi connectivity index (χ0) is 17.9. The molecule has 1 aliphatic heterocycles. The van der Waals surface area contributed by atoms with Gasteiger partial charge in [-0.3, -0.25) is 0 Å². The van der Waals surface area contributed by atoms with Crippen molar-refractivity contribution in [2.75, 3.05) is 26.2 Å². The van der Waals surface area contributed by atoms with Crippen LogP contribution in [-0.4, -0.2) is 39.0 Å². The lowest BCUT2D eigenvalue weighted by atomic mass is 9.89. The monoisotopic (exact) mass is 396 g/mol. The predicted octanol–water partition coefficient (Wildman–Crippen LogP) is 2.87. The minimum absolute atomic E-state index is 0. The second-order valence-corrected chi connectivity index (χ2v) is 8.18. The maximum atomic E-state index is 13.1. The van der Waals surface area contributed by atoms with Crippen LogP contribution in [0.2, 0.25) is 0 Å². The summed E-state index contributed by atoms with van der Waals surface area (Å²) in [6.07, 6.45) is 0. The van der Waals surface area contributed by atoms with E-state index in [0.29, 0.717) is 32.0 Å². The summed E-state index contributed by atoms with van der Waals surface area (Å²) in [4.78, 5) is 0.267. The number of nitrogens with two attached hydrogens (primary N) is 1. The maximum Gasteiger partial charge on any atom is 0.243 e. The third-order valence-corrected chi connectivity index (χ3v) is 6.52. The lowest BCUT2D eigenvalue weighted by Crippen LogP contribution is -2.30. The number of nitrogens with zero attached hydrogens (tertiary/aromatic N) is 1. The highest BCUT2D eigenvalue weighted by Crippen LogP contribution is 2.35. The molecule has 142 valence electrons. The topological polar surface area (TPSA) is 72.6 Å². The first-order valence-electron chi connectivity index (χ1n) is 8.54. The molecule has 5 nitrogen and oxygen atoms in total. The van der Waals surface area contributed by atoms with Crippen LogP contribution in [0.5, 0.6) is 5.75 Å². The van der Waals surface area contributed by atoms with Crippen molar-refractivity contribution in [1.29, 1.82) is 0 Å². The molecule has 3 rings (SSSR count). The van der Waals surface area contributed by atoms with Crippen LogP contribution in [0.3, 0.4) is 0 Å². The Morgan fingerprint density at radius 3 is 2.50 bits per heavy atom. The molecule has 0 amide bonds. The Balaban J connectivity index is 0.00000243. The molecule has 2 N–H and O–H groups in total. The molecule has 2 aromatic carbocycles. The molecular weight excluding hydrogens is 372 g/mol. The molecule has 0 radical (unpaired) electrons. The number of hydrogen-bond acceptors (Lipinski definition) is 4. The zero-order valence-corrected chi connectivity index (χ0v) is 16.4. The van der Waals surface area contributed by atoms with Crippen molar-refractivity contribution < 1.29 is 13.2 Å². The normalized spacial score (nSPS) is 20.5. The summed E-state index contributed by atoms with van der Waals surface area (Å²) in [5, 5.41) is 0. The fraction of sp³-hybridized carbons (Fsp3) is 0.368. The van der Waals surface area contributed by atoms with Crippen LogP contribution >= 0.6 is 12.4 Å². The molecule has 26 heavy (non-hydrogen) atoms. The Morgan fingerprint density at radius 2 is 1.85 bits per heavy atom. The molecule has 0 unspecified atom stereocenters. The van der Waals surface area contributed by atoms with E-state index in [4.69, 9.17) is 10.5 Å². The Kier molecular flexibility index (Phi) is 7.06. The van der Waals surface area contributed by atoms with Gasteiger partial charge in [-0.1, -0.05) is 36.4 Å². The minimum Gasteiger partial charge on any atom is -0.494 e. The number of sulfonamides is 1. The van der Waals surface area contributed by atoms with Crippen LogP contribution in [-0.2, 0) is 10.0 Å². The lowest BCUT2D eigenvalue weighted by molar-refractivity contribution is 0.339. The number of hydrogen-bond donors (Lipinski definition) is 1. The SMILES string of the molecule is CCOc1cccc(S(=O)(=O)N2C[C@@H](CN)[C@H](c3ccccc3)C2)c1.Cl. The van der Waals surface area contributed by atoms with Crippen molar-refractivity contribution >= 4 is 22.4 Å². The van der Waals surface area contributed by atoms with Crippen LogP contribution in [0.1, 0.15) is 18.4 Å². The van der Waals surface area contributed by atoms with Crippen LogP contribution in [0.25, 0.3) is 0 Å². The predicted molar refractivity (Wildman–Crippen MR) is 105 cm³/mol. The molecule has 1 saturated heterocycles. The van der Waals surface area contributed by atoms with Gasteiger partial charge in [0.15, 0.2) is 0 Å². The van der Waals surface area contributed by atoms with Crippen molar-refractivity contribution in [2.24, 2.45) is 11.7 Å². The fourth-order valence-electron chi connectivity index (χ4n) is 3.38. The van der Waals surface area contributed by atoms with E-state index >= 15 is 0 Å². The molecule has 0 bridgehead atoms. The summed E-state index contributed by atoms with van der Waals surface area (Å²) < 4.78 is 33.1. The average molecular weight is 397 g/mol. The third-order valence-electron chi connectivity index (χ3n) is 4.69. The highest BCUT2D eigenvalue weighted by molar-refractivity contribution is 7.89. The van der Waals surface area contributed by atoms with Crippen molar-refractivity contribution in [3.05, 3.63) is 60.2 Å². The molecule has 1 fully saturated rings. The van der Waals surface area contributed by atoms with Gasteiger partial charge in [-0.2, -0.15) is 4.31 Å². The van der Waals surface area contributed by atoms with Gasteiger partial charge in [-0.15, -0.1) is 12.4 Å². The van der Waals surface area contributed by atoms with E-state index in [1.807, 2.05) is 37.3 Å². The molecule has 0 aliphatic carbocycles. The van der Waals surface area contributed by atoms with Gasteiger partial charge >= 0.3 is 0 Å². The van der Waals surface area contributed by atoms with E-state index in [1.54, 1.807) is 28.6 Å². The first-order valence-corrected chi connectivity index (χ1v) is 9.98. The van der Waals surface area contributed by atoms with Gasteiger partial charge in [-0.25, -0.2) is 8.42 Å². The molecule has 0 aromatic heterocycles. The standard InChI is InChI=1S/C19H24N2O3S.ClH/c1-2-24-17-9-6-10-18(11-17)25(22,23)21-13-16(12-20)19(14-21)15-7-4-3-5-8-15;/h3-11,16,19H,2,12-14,20H2,1H3;1H/t16-,19+;/m1./s1. The number of ether oxygens (including phenoxy) is 1. The zero-order valence-electron chi connectivity index (χ0n) is 14.7. The maximum absolute atomic E-state index is 13.1. The molecule has 0 saturated carbocycles. The molecule has 2 aromatic rings. The van der Waals surface area contributed by atoms with E-state index in [1.165, 1.54) is 0 Å². The minimum atomic E-state index is -3.57. The molecule has 7 heteroatoms. The Morgan fingerprint density at radius 1 is 1.12 bits per heavy atom. The second-order valence-electron chi connectivity index (χ2n) is 6.24. The first-order chi connectivity index (χ1) is 12.1. The van der Waals surface area contributed by atoms with Crippen molar-refractivity contribution in [2.45, 2.75) is 17.7 Å². The van der Waals surface area contributed by atoms with Crippen molar-refractivity contribution in [3.8, 4) is 5.75 Å². The summed E-state index contributed by atoms with van der Waals surface area (Å²) in [5.41, 5.74) is 7.07. The Bertz CT molecular complexity index is 815. The second kappa shape index (κ2) is 8.86. The molecule has 0 spiro atoms.